The van der Waals surface area contributed by atoms with Crippen LogP contribution < -0.4 is 15.6 Å². The molecular weight excluding hydrogens is 316 g/mol. The summed E-state index contributed by atoms with van der Waals surface area (Å²) in [5, 5.41) is 2.72. The van der Waals surface area contributed by atoms with Gasteiger partial charge in [0.1, 0.15) is 12.4 Å². The molecule has 0 aliphatic heterocycles. The number of benzene rings is 2. The number of para-hydroxylation sites is 1. The second kappa shape index (κ2) is 7.97. The van der Waals surface area contributed by atoms with Gasteiger partial charge in [-0.05, 0) is 17.7 Å². The Labute approximate surface area is 145 Å². The van der Waals surface area contributed by atoms with Crippen molar-refractivity contribution >= 4 is 11.6 Å². The Morgan fingerprint density at radius 2 is 1.76 bits per heavy atom. The van der Waals surface area contributed by atoms with E-state index >= 15 is 0 Å². The maximum atomic E-state index is 12.2. The van der Waals surface area contributed by atoms with Crippen LogP contribution in [0.2, 0.25) is 0 Å². The van der Waals surface area contributed by atoms with Gasteiger partial charge in [-0.2, -0.15) is 0 Å². The maximum absolute atomic E-state index is 12.2. The topological polar surface area (TPSA) is 71.2 Å². The van der Waals surface area contributed by atoms with E-state index in [0.29, 0.717) is 18.0 Å². The van der Waals surface area contributed by atoms with Crippen molar-refractivity contribution in [3.05, 3.63) is 94.4 Å². The van der Waals surface area contributed by atoms with Gasteiger partial charge in [-0.25, -0.2) is 0 Å². The number of pyridine rings is 1. The van der Waals surface area contributed by atoms with Crippen molar-refractivity contribution in [1.82, 2.24) is 4.98 Å². The van der Waals surface area contributed by atoms with E-state index in [1.54, 1.807) is 6.07 Å². The summed E-state index contributed by atoms with van der Waals surface area (Å²) in [6.07, 6.45) is 1.66. The van der Waals surface area contributed by atoms with Crippen LogP contribution >= 0.6 is 0 Å². The number of aromatic amines is 1. The molecule has 0 unspecified atom stereocenters. The summed E-state index contributed by atoms with van der Waals surface area (Å²) < 4.78 is 5.86. The molecule has 5 nitrogen and oxygen atoms in total. The first-order valence-corrected chi connectivity index (χ1v) is 7.94. The molecule has 0 bridgehead atoms. The number of carbonyl (C=O) groups is 1. The molecule has 0 radical (unpaired) electrons. The molecule has 2 N–H and O–H groups in total. The first kappa shape index (κ1) is 16.5. The summed E-state index contributed by atoms with van der Waals surface area (Å²) in [5.41, 5.74) is 2.06. The Morgan fingerprint density at radius 3 is 2.56 bits per heavy atom. The third-order valence-corrected chi connectivity index (χ3v) is 3.62. The number of ether oxygens (including phenoxy) is 1. The number of carbonyl (C=O) groups excluding carboxylic acids is 1. The van der Waals surface area contributed by atoms with Crippen LogP contribution in [0, 0.1) is 0 Å². The lowest BCUT2D eigenvalue weighted by Gasteiger charge is -2.12. The largest absolute Gasteiger partial charge is 0.489 e. The van der Waals surface area contributed by atoms with Crippen LogP contribution in [-0.2, 0) is 17.8 Å². The molecule has 1 amide bonds. The minimum Gasteiger partial charge on any atom is -0.489 e. The fraction of sp³-hybridized carbons (Fsp3) is 0.100. The number of nitrogens with one attached hydrogen (secondary N) is 2. The van der Waals surface area contributed by atoms with Crippen LogP contribution in [0.15, 0.2) is 77.7 Å². The van der Waals surface area contributed by atoms with Gasteiger partial charge in [0.25, 0.3) is 0 Å². The lowest BCUT2D eigenvalue weighted by atomic mass is 10.1. The number of hydrogen-bond acceptors (Lipinski definition) is 3. The highest BCUT2D eigenvalue weighted by molar-refractivity contribution is 5.92. The van der Waals surface area contributed by atoms with Crippen molar-refractivity contribution in [1.29, 1.82) is 0 Å². The van der Waals surface area contributed by atoms with E-state index in [1.807, 2.05) is 54.6 Å². The van der Waals surface area contributed by atoms with E-state index < -0.39 is 0 Å². The molecule has 126 valence electrons. The van der Waals surface area contributed by atoms with Gasteiger partial charge in [-0.1, -0.05) is 48.5 Å². The predicted molar refractivity (Wildman–Crippen MR) is 96.6 cm³/mol. The highest BCUT2D eigenvalue weighted by atomic mass is 16.5. The van der Waals surface area contributed by atoms with E-state index in [-0.39, 0.29) is 17.9 Å². The Kier molecular flexibility index (Phi) is 5.26. The van der Waals surface area contributed by atoms with Gasteiger partial charge in [-0.3, -0.25) is 9.59 Å². The third kappa shape index (κ3) is 4.81. The molecule has 5 heteroatoms. The monoisotopic (exact) mass is 334 g/mol. The maximum Gasteiger partial charge on any atom is 0.249 e. The minimum atomic E-state index is -0.260. The van der Waals surface area contributed by atoms with Crippen molar-refractivity contribution in [3.8, 4) is 5.75 Å². The van der Waals surface area contributed by atoms with Crippen molar-refractivity contribution in [3.63, 3.8) is 0 Å². The number of rotatable bonds is 6. The second-order valence-electron chi connectivity index (χ2n) is 5.55. The lowest BCUT2D eigenvalue weighted by Crippen LogP contribution is -2.16. The quantitative estimate of drug-likeness (QED) is 0.727. The fourth-order valence-electron chi connectivity index (χ4n) is 2.43. The number of hydrogen-bond donors (Lipinski definition) is 2. The van der Waals surface area contributed by atoms with E-state index in [2.05, 4.69) is 10.3 Å². The highest BCUT2D eigenvalue weighted by Gasteiger charge is 2.09. The summed E-state index contributed by atoms with van der Waals surface area (Å²) in [6.45, 7) is 0.438. The highest BCUT2D eigenvalue weighted by Crippen LogP contribution is 2.20. The third-order valence-electron chi connectivity index (χ3n) is 3.62. The molecule has 0 spiro atoms. The Bertz CT molecular complexity index is 904. The Hall–Kier alpha value is -3.34. The smallest absolute Gasteiger partial charge is 0.249 e. The van der Waals surface area contributed by atoms with E-state index in [0.717, 1.165) is 11.1 Å². The first-order chi connectivity index (χ1) is 12.2. The standard InChI is InChI=1S/C20H18N2O3/c23-19-13-17(10-11-21-19)22-20(24)12-16-8-4-5-9-18(16)25-14-15-6-2-1-3-7-15/h1-11,13H,12,14H2,(H2,21,22,23,24). The van der Waals surface area contributed by atoms with Gasteiger partial charge in [0.15, 0.2) is 0 Å². The number of anilines is 1. The van der Waals surface area contributed by atoms with Gasteiger partial charge < -0.3 is 15.0 Å². The molecule has 1 heterocycles. The van der Waals surface area contributed by atoms with Gasteiger partial charge in [0.05, 0.1) is 6.42 Å². The molecule has 25 heavy (non-hydrogen) atoms. The van der Waals surface area contributed by atoms with Crippen LogP contribution in [0.4, 0.5) is 5.69 Å². The number of amides is 1. The van der Waals surface area contributed by atoms with Gasteiger partial charge >= 0.3 is 0 Å². The number of aromatic nitrogens is 1. The van der Waals surface area contributed by atoms with E-state index in [4.69, 9.17) is 4.74 Å². The fourth-order valence-corrected chi connectivity index (χ4v) is 2.43. The molecule has 0 aliphatic rings. The first-order valence-electron chi connectivity index (χ1n) is 7.94. The van der Waals surface area contributed by atoms with Crippen LogP contribution in [0.5, 0.6) is 5.75 Å². The zero-order valence-electron chi connectivity index (χ0n) is 13.6. The van der Waals surface area contributed by atoms with E-state index in [1.165, 1.54) is 12.3 Å². The minimum absolute atomic E-state index is 0.164. The number of H-pyrrole nitrogens is 1. The summed E-state index contributed by atoms with van der Waals surface area (Å²) in [5.74, 6) is 0.466. The predicted octanol–water partition coefficient (Wildman–Crippen LogP) is 3.14. The normalized spacial score (nSPS) is 10.2. The van der Waals surface area contributed by atoms with Crippen molar-refractivity contribution in [2.75, 3.05) is 5.32 Å². The van der Waals surface area contributed by atoms with Crippen LogP contribution in [0.3, 0.4) is 0 Å². The molecule has 0 fully saturated rings. The zero-order valence-corrected chi connectivity index (χ0v) is 13.6. The lowest BCUT2D eigenvalue weighted by molar-refractivity contribution is -0.115. The molecule has 0 aliphatic carbocycles. The summed E-state index contributed by atoms with van der Waals surface area (Å²) in [4.78, 5) is 26.0. The average molecular weight is 334 g/mol. The SMILES string of the molecule is O=C(Cc1ccccc1OCc1ccccc1)Nc1cc[nH]c(=O)c1. The zero-order chi connectivity index (χ0) is 17.5. The second-order valence-corrected chi connectivity index (χ2v) is 5.55. The molecule has 1 aromatic heterocycles. The summed E-state index contributed by atoms with van der Waals surface area (Å²) in [6, 6.07) is 20.3. The molecule has 0 atom stereocenters. The van der Waals surface area contributed by atoms with E-state index in [9.17, 15) is 9.59 Å². The van der Waals surface area contributed by atoms with Gasteiger partial charge in [-0.15, -0.1) is 0 Å². The molecular formula is C20H18N2O3. The molecule has 3 aromatic rings. The Morgan fingerprint density at radius 1 is 1.00 bits per heavy atom. The summed E-state index contributed by atoms with van der Waals surface area (Å²) >= 11 is 0. The van der Waals surface area contributed by atoms with Crippen molar-refractivity contribution in [2.45, 2.75) is 13.0 Å². The van der Waals surface area contributed by atoms with Gasteiger partial charge in [0.2, 0.25) is 11.5 Å². The van der Waals surface area contributed by atoms with Gasteiger partial charge in [0, 0.05) is 23.5 Å². The van der Waals surface area contributed by atoms with Crippen LogP contribution in [-0.4, -0.2) is 10.9 Å². The van der Waals surface area contributed by atoms with Crippen molar-refractivity contribution in [2.24, 2.45) is 0 Å². The Balaban J connectivity index is 1.66. The van der Waals surface area contributed by atoms with Crippen LogP contribution in [0.1, 0.15) is 11.1 Å². The van der Waals surface area contributed by atoms with Crippen molar-refractivity contribution < 1.29 is 9.53 Å². The molecule has 0 saturated carbocycles. The summed E-state index contributed by atoms with van der Waals surface area (Å²) in [7, 11) is 0. The molecule has 0 saturated heterocycles. The molecule has 3 rings (SSSR count). The van der Waals surface area contributed by atoms with Crippen LogP contribution in [0.25, 0.3) is 0 Å². The average Bonchev–Trinajstić information content (AvgIpc) is 2.62. The molecule has 2 aromatic carbocycles.